The third-order valence-electron chi connectivity index (χ3n) is 5.40. The summed E-state index contributed by atoms with van der Waals surface area (Å²) in [6.07, 6.45) is 4.63. The van der Waals surface area contributed by atoms with E-state index < -0.39 is 0 Å². The van der Waals surface area contributed by atoms with Crippen LogP contribution in [0.5, 0.6) is 0 Å². The summed E-state index contributed by atoms with van der Waals surface area (Å²) in [5.74, 6) is -0.376. The number of hydrogen-bond acceptors (Lipinski definition) is 2. The normalized spacial score (nSPS) is 11.4. The number of H-pyrrole nitrogens is 2. The Morgan fingerprint density at radius 1 is 1.00 bits per heavy atom. The number of nitrogens with two attached hydrogens (primary N) is 1. The molecule has 0 saturated heterocycles. The number of anilines is 1. The predicted molar refractivity (Wildman–Crippen MR) is 116 cm³/mol. The van der Waals surface area contributed by atoms with E-state index >= 15 is 0 Å². The molecule has 0 aliphatic carbocycles. The van der Waals surface area contributed by atoms with Crippen molar-refractivity contribution < 1.29 is 4.79 Å². The number of aromatic amines is 2. The maximum absolute atomic E-state index is 11.9. The third kappa shape index (κ3) is 3.24. The van der Waals surface area contributed by atoms with Gasteiger partial charge in [0.05, 0.1) is 0 Å². The molecule has 144 valence electrons. The van der Waals surface area contributed by atoms with E-state index in [4.69, 9.17) is 5.73 Å². The molecule has 0 bridgehead atoms. The maximum Gasteiger partial charge on any atom is 0.249 e. The second kappa shape index (κ2) is 7.08. The summed E-state index contributed by atoms with van der Waals surface area (Å²) in [5, 5.41) is 2.14. The number of aromatic nitrogens is 2. The Kier molecular flexibility index (Phi) is 4.59. The van der Waals surface area contributed by atoms with E-state index in [0.717, 1.165) is 46.9 Å². The molecular weight excluding hydrogens is 348 g/mol. The molecule has 4 rings (SSSR count). The SMILES string of the molecule is CCc1cc(C(N)=O)c2cc(CCc3cc(N(C)C)c4cc[nH]c4c3)[nH]c2c1. The minimum atomic E-state index is -0.376. The Hall–Kier alpha value is -3.21. The van der Waals surface area contributed by atoms with Gasteiger partial charge in [0, 0.05) is 59.0 Å². The van der Waals surface area contributed by atoms with Crippen LogP contribution in [0.25, 0.3) is 21.8 Å². The van der Waals surface area contributed by atoms with Crippen LogP contribution >= 0.6 is 0 Å². The number of benzene rings is 2. The Morgan fingerprint density at radius 2 is 1.79 bits per heavy atom. The molecule has 28 heavy (non-hydrogen) atoms. The molecule has 0 spiro atoms. The first-order chi connectivity index (χ1) is 13.5. The second-order valence-electron chi connectivity index (χ2n) is 7.57. The number of carbonyl (C=O) groups is 1. The van der Waals surface area contributed by atoms with E-state index in [1.807, 2.05) is 12.3 Å². The molecule has 5 heteroatoms. The number of rotatable bonds is 6. The predicted octanol–water partition coefficient (Wildman–Crippen LogP) is 4.16. The van der Waals surface area contributed by atoms with Gasteiger partial charge < -0.3 is 20.6 Å². The quantitative estimate of drug-likeness (QED) is 0.474. The zero-order chi connectivity index (χ0) is 19.8. The molecular formula is C23H26N4O. The lowest BCUT2D eigenvalue weighted by Crippen LogP contribution is -2.11. The maximum atomic E-state index is 11.9. The molecule has 0 saturated carbocycles. The van der Waals surface area contributed by atoms with Crippen LogP contribution in [0.3, 0.4) is 0 Å². The smallest absolute Gasteiger partial charge is 0.249 e. The summed E-state index contributed by atoms with van der Waals surface area (Å²) in [7, 11) is 4.14. The van der Waals surface area contributed by atoms with Crippen molar-refractivity contribution in [2.45, 2.75) is 26.2 Å². The Balaban J connectivity index is 1.65. The van der Waals surface area contributed by atoms with Gasteiger partial charge in [-0.3, -0.25) is 4.79 Å². The largest absolute Gasteiger partial charge is 0.377 e. The van der Waals surface area contributed by atoms with Crippen molar-refractivity contribution in [1.29, 1.82) is 0 Å². The molecule has 0 atom stereocenters. The Bertz CT molecular complexity index is 1170. The molecule has 0 fully saturated rings. The molecule has 2 aromatic heterocycles. The highest BCUT2D eigenvalue weighted by molar-refractivity contribution is 6.06. The van der Waals surface area contributed by atoms with Crippen LogP contribution in [0.4, 0.5) is 5.69 Å². The van der Waals surface area contributed by atoms with E-state index in [2.05, 4.69) is 66.2 Å². The topological polar surface area (TPSA) is 77.9 Å². The summed E-state index contributed by atoms with van der Waals surface area (Å²) >= 11 is 0. The molecule has 1 amide bonds. The van der Waals surface area contributed by atoms with E-state index in [1.54, 1.807) is 0 Å². The zero-order valence-corrected chi connectivity index (χ0v) is 16.6. The highest BCUT2D eigenvalue weighted by Crippen LogP contribution is 2.28. The van der Waals surface area contributed by atoms with Gasteiger partial charge in [-0.15, -0.1) is 0 Å². The highest BCUT2D eigenvalue weighted by atomic mass is 16.1. The number of amides is 1. The van der Waals surface area contributed by atoms with Crippen molar-refractivity contribution in [1.82, 2.24) is 9.97 Å². The van der Waals surface area contributed by atoms with Gasteiger partial charge >= 0.3 is 0 Å². The minimum absolute atomic E-state index is 0.376. The summed E-state index contributed by atoms with van der Waals surface area (Å²) in [5.41, 5.74) is 13.1. The zero-order valence-electron chi connectivity index (χ0n) is 16.6. The summed E-state index contributed by atoms with van der Waals surface area (Å²) < 4.78 is 0. The van der Waals surface area contributed by atoms with Gasteiger partial charge in [-0.05, 0) is 66.8 Å². The first-order valence-corrected chi connectivity index (χ1v) is 9.68. The molecule has 0 aliphatic rings. The number of aryl methyl sites for hydroxylation is 3. The molecule has 2 aromatic carbocycles. The van der Waals surface area contributed by atoms with Crippen molar-refractivity contribution in [2.24, 2.45) is 5.73 Å². The van der Waals surface area contributed by atoms with Gasteiger partial charge in [-0.2, -0.15) is 0 Å². The number of nitrogens with zero attached hydrogens (tertiary/aromatic N) is 1. The number of fused-ring (bicyclic) bond motifs is 2. The van der Waals surface area contributed by atoms with E-state index in [9.17, 15) is 4.79 Å². The average Bonchev–Trinajstić information content (AvgIpc) is 3.30. The van der Waals surface area contributed by atoms with Crippen molar-refractivity contribution in [3.05, 3.63) is 65.0 Å². The Morgan fingerprint density at radius 3 is 2.50 bits per heavy atom. The number of primary amides is 1. The van der Waals surface area contributed by atoms with Gasteiger partial charge in [0.1, 0.15) is 0 Å². The molecule has 4 N–H and O–H groups in total. The number of hydrogen-bond donors (Lipinski definition) is 3. The average molecular weight is 374 g/mol. The Labute approximate surface area is 164 Å². The van der Waals surface area contributed by atoms with Crippen molar-refractivity contribution in [3.8, 4) is 0 Å². The summed E-state index contributed by atoms with van der Waals surface area (Å²) in [6, 6.07) is 12.7. The van der Waals surface area contributed by atoms with Crippen LogP contribution in [-0.2, 0) is 19.3 Å². The molecule has 2 heterocycles. The van der Waals surface area contributed by atoms with Crippen molar-refractivity contribution in [3.63, 3.8) is 0 Å². The fourth-order valence-electron chi connectivity index (χ4n) is 3.90. The first-order valence-electron chi connectivity index (χ1n) is 9.68. The highest BCUT2D eigenvalue weighted by Gasteiger charge is 2.12. The van der Waals surface area contributed by atoms with E-state index in [-0.39, 0.29) is 5.91 Å². The minimum Gasteiger partial charge on any atom is -0.377 e. The fraction of sp³-hybridized carbons (Fsp3) is 0.261. The first kappa shape index (κ1) is 18.2. The van der Waals surface area contributed by atoms with Crippen LogP contribution in [0.2, 0.25) is 0 Å². The molecule has 0 unspecified atom stereocenters. The molecule has 5 nitrogen and oxygen atoms in total. The summed E-state index contributed by atoms with van der Waals surface area (Å²) in [6.45, 7) is 2.08. The molecule has 4 aromatic rings. The number of nitrogens with one attached hydrogen (secondary N) is 2. The molecule has 0 radical (unpaired) electrons. The van der Waals surface area contributed by atoms with Crippen LogP contribution in [0.1, 0.15) is 34.1 Å². The lowest BCUT2D eigenvalue weighted by Gasteiger charge is -2.15. The van der Waals surface area contributed by atoms with Crippen LogP contribution in [0.15, 0.2) is 42.6 Å². The van der Waals surface area contributed by atoms with Gasteiger partial charge in [-0.1, -0.05) is 6.92 Å². The van der Waals surface area contributed by atoms with Crippen molar-refractivity contribution in [2.75, 3.05) is 19.0 Å². The lowest BCUT2D eigenvalue weighted by atomic mass is 10.0. The monoisotopic (exact) mass is 374 g/mol. The second-order valence-corrected chi connectivity index (χ2v) is 7.57. The third-order valence-corrected chi connectivity index (χ3v) is 5.40. The lowest BCUT2D eigenvalue weighted by molar-refractivity contribution is 0.100. The molecule has 0 aliphatic heterocycles. The van der Waals surface area contributed by atoms with E-state index in [0.29, 0.717) is 5.56 Å². The standard InChI is InChI=1S/C23H26N4O/c1-4-14-9-19(23(24)28)18-13-16(26-21(18)10-14)6-5-15-11-20-17(7-8-25-20)22(12-15)27(2)3/h7-13,25-26H,4-6H2,1-3H3,(H2,24,28). The fourth-order valence-corrected chi connectivity index (χ4v) is 3.90. The van der Waals surface area contributed by atoms with Crippen LogP contribution < -0.4 is 10.6 Å². The van der Waals surface area contributed by atoms with Crippen molar-refractivity contribution >= 4 is 33.4 Å². The van der Waals surface area contributed by atoms with E-state index in [1.165, 1.54) is 16.6 Å². The van der Waals surface area contributed by atoms with Gasteiger partial charge in [-0.25, -0.2) is 0 Å². The summed E-state index contributed by atoms with van der Waals surface area (Å²) in [4.78, 5) is 20.8. The number of carbonyl (C=O) groups excluding carboxylic acids is 1. The van der Waals surface area contributed by atoms with Gasteiger partial charge in [0.25, 0.3) is 0 Å². The van der Waals surface area contributed by atoms with Gasteiger partial charge in [0.2, 0.25) is 5.91 Å². The van der Waals surface area contributed by atoms with Crippen LogP contribution in [-0.4, -0.2) is 30.0 Å². The van der Waals surface area contributed by atoms with Gasteiger partial charge in [0.15, 0.2) is 0 Å². The van der Waals surface area contributed by atoms with Crippen LogP contribution in [0, 0.1) is 0 Å².